The van der Waals surface area contributed by atoms with Crippen molar-refractivity contribution in [2.45, 2.75) is 45.2 Å². The molecule has 1 saturated carbocycles. The van der Waals surface area contributed by atoms with Gasteiger partial charge in [0.25, 0.3) is 0 Å². The average Bonchev–Trinajstić information content (AvgIpc) is 1.98. The molecule has 76 valence electrons. The van der Waals surface area contributed by atoms with E-state index in [1.807, 2.05) is 0 Å². The molecule has 2 aliphatic heterocycles. The van der Waals surface area contributed by atoms with Crippen LogP contribution < -0.4 is 11.1 Å². The highest BCUT2D eigenvalue weighted by Crippen LogP contribution is 2.46. The predicted molar refractivity (Wildman–Crippen MR) is 55.4 cm³/mol. The molecular formula is C11H22N2. The Morgan fingerprint density at radius 2 is 1.62 bits per heavy atom. The molecule has 0 aromatic heterocycles. The molecule has 2 heteroatoms. The maximum absolute atomic E-state index is 5.82. The standard InChI is InChI=1S/C11H22N2/c1-7-3-9-5-10(11(9)6-12)4-8(2)13-7/h7-11,13H,3-6,12H2,1-2H3. The Morgan fingerprint density at radius 3 is 2.08 bits per heavy atom. The van der Waals surface area contributed by atoms with Gasteiger partial charge in [-0.05, 0) is 57.4 Å². The molecule has 4 atom stereocenters. The molecule has 3 rings (SSSR count). The summed E-state index contributed by atoms with van der Waals surface area (Å²) in [5.41, 5.74) is 5.82. The highest BCUT2D eigenvalue weighted by molar-refractivity contribution is 4.95. The summed E-state index contributed by atoms with van der Waals surface area (Å²) in [4.78, 5) is 0. The fourth-order valence-electron chi connectivity index (χ4n) is 3.38. The van der Waals surface area contributed by atoms with Crippen LogP contribution in [0.25, 0.3) is 0 Å². The second-order valence-corrected chi connectivity index (χ2v) is 5.10. The Bertz CT molecular complexity index is 165. The van der Waals surface area contributed by atoms with Gasteiger partial charge in [-0.25, -0.2) is 0 Å². The minimum Gasteiger partial charge on any atom is -0.330 e. The van der Waals surface area contributed by atoms with E-state index in [1.54, 1.807) is 0 Å². The Kier molecular flexibility index (Phi) is 2.61. The highest BCUT2D eigenvalue weighted by Gasteiger charge is 2.42. The maximum atomic E-state index is 5.82. The maximum Gasteiger partial charge on any atom is 0.00439 e. The van der Waals surface area contributed by atoms with Crippen molar-refractivity contribution in [2.24, 2.45) is 23.5 Å². The van der Waals surface area contributed by atoms with E-state index < -0.39 is 0 Å². The van der Waals surface area contributed by atoms with Gasteiger partial charge in [0.2, 0.25) is 0 Å². The molecule has 3 fully saturated rings. The van der Waals surface area contributed by atoms with Gasteiger partial charge in [0, 0.05) is 12.1 Å². The van der Waals surface area contributed by atoms with Gasteiger partial charge in [-0.1, -0.05) is 0 Å². The summed E-state index contributed by atoms with van der Waals surface area (Å²) in [5.74, 6) is 2.68. The Hall–Kier alpha value is -0.0800. The van der Waals surface area contributed by atoms with E-state index >= 15 is 0 Å². The number of fused-ring (bicyclic) bond motifs is 4. The van der Waals surface area contributed by atoms with Crippen molar-refractivity contribution in [2.75, 3.05) is 6.54 Å². The molecule has 0 spiro atoms. The third kappa shape index (κ3) is 1.75. The second-order valence-electron chi connectivity index (χ2n) is 5.10. The number of nitrogens with two attached hydrogens (primary N) is 1. The van der Waals surface area contributed by atoms with E-state index in [9.17, 15) is 0 Å². The summed E-state index contributed by atoms with van der Waals surface area (Å²) < 4.78 is 0. The van der Waals surface area contributed by atoms with Gasteiger partial charge in [-0.15, -0.1) is 0 Å². The fourth-order valence-corrected chi connectivity index (χ4v) is 3.38. The van der Waals surface area contributed by atoms with E-state index in [-0.39, 0.29) is 0 Å². The molecule has 3 aliphatic rings. The first-order chi connectivity index (χ1) is 6.20. The minimum absolute atomic E-state index is 0.690. The first-order valence-corrected chi connectivity index (χ1v) is 5.66. The van der Waals surface area contributed by atoms with Crippen molar-refractivity contribution in [1.29, 1.82) is 0 Å². The number of nitrogens with one attached hydrogen (secondary N) is 1. The highest BCUT2D eigenvalue weighted by atomic mass is 14.9. The number of hydrogen-bond donors (Lipinski definition) is 2. The SMILES string of the molecule is CC1CC2CC(CC(C)N1)C2CN. The number of hydrogen-bond acceptors (Lipinski definition) is 2. The van der Waals surface area contributed by atoms with Crippen LogP contribution >= 0.6 is 0 Å². The number of rotatable bonds is 1. The van der Waals surface area contributed by atoms with Crippen molar-refractivity contribution in [3.63, 3.8) is 0 Å². The van der Waals surface area contributed by atoms with Crippen LogP contribution in [0.15, 0.2) is 0 Å². The molecule has 0 amide bonds. The quantitative estimate of drug-likeness (QED) is 0.642. The van der Waals surface area contributed by atoms with Gasteiger partial charge in [0.15, 0.2) is 0 Å². The van der Waals surface area contributed by atoms with Crippen molar-refractivity contribution >= 4 is 0 Å². The Labute approximate surface area is 81.3 Å². The van der Waals surface area contributed by atoms with E-state index in [1.165, 1.54) is 19.3 Å². The van der Waals surface area contributed by atoms with E-state index in [2.05, 4.69) is 19.2 Å². The van der Waals surface area contributed by atoms with Crippen LogP contribution in [-0.2, 0) is 0 Å². The summed E-state index contributed by atoms with van der Waals surface area (Å²) in [5, 5.41) is 3.65. The summed E-state index contributed by atoms with van der Waals surface area (Å²) in [7, 11) is 0. The first-order valence-electron chi connectivity index (χ1n) is 5.66. The van der Waals surface area contributed by atoms with Crippen molar-refractivity contribution in [3.05, 3.63) is 0 Å². The third-order valence-corrected chi connectivity index (χ3v) is 3.97. The molecule has 0 aromatic carbocycles. The largest absolute Gasteiger partial charge is 0.330 e. The minimum atomic E-state index is 0.690. The molecule has 2 nitrogen and oxygen atoms in total. The lowest BCUT2D eigenvalue weighted by Gasteiger charge is -2.49. The smallest absolute Gasteiger partial charge is 0.00439 e. The summed E-state index contributed by atoms with van der Waals surface area (Å²) in [6.45, 7) is 5.53. The zero-order valence-corrected chi connectivity index (χ0v) is 8.79. The molecule has 2 heterocycles. The van der Waals surface area contributed by atoms with E-state index in [4.69, 9.17) is 5.73 Å². The van der Waals surface area contributed by atoms with Crippen molar-refractivity contribution in [1.82, 2.24) is 5.32 Å². The Morgan fingerprint density at radius 1 is 1.08 bits per heavy atom. The van der Waals surface area contributed by atoms with Crippen molar-refractivity contribution in [3.8, 4) is 0 Å². The van der Waals surface area contributed by atoms with Gasteiger partial charge >= 0.3 is 0 Å². The van der Waals surface area contributed by atoms with Crippen LogP contribution in [0, 0.1) is 17.8 Å². The van der Waals surface area contributed by atoms with Gasteiger partial charge in [-0.2, -0.15) is 0 Å². The van der Waals surface area contributed by atoms with Gasteiger partial charge < -0.3 is 11.1 Å². The third-order valence-electron chi connectivity index (χ3n) is 3.97. The lowest BCUT2D eigenvalue weighted by molar-refractivity contribution is 0.0318. The monoisotopic (exact) mass is 182 g/mol. The molecule has 3 N–H and O–H groups in total. The molecule has 2 saturated heterocycles. The van der Waals surface area contributed by atoms with Crippen molar-refractivity contribution < 1.29 is 0 Å². The average molecular weight is 182 g/mol. The lowest BCUT2D eigenvalue weighted by Crippen LogP contribution is -2.51. The van der Waals surface area contributed by atoms with Crippen LogP contribution in [0.4, 0.5) is 0 Å². The van der Waals surface area contributed by atoms with E-state index in [0.29, 0.717) is 12.1 Å². The summed E-state index contributed by atoms with van der Waals surface area (Å²) in [6, 6.07) is 1.38. The molecular weight excluding hydrogens is 160 g/mol. The van der Waals surface area contributed by atoms with Crippen LogP contribution in [0.3, 0.4) is 0 Å². The topological polar surface area (TPSA) is 38.0 Å². The zero-order chi connectivity index (χ0) is 9.42. The van der Waals surface area contributed by atoms with Crippen LogP contribution in [0.5, 0.6) is 0 Å². The molecule has 4 unspecified atom stereocenters. The Balaban J connectivity index is 1.99. The summed E-state index contributed by atoms with van der Waals surface area (Å²) >= 11 is 0. The predicted octanol–water partition coefficient (Wildman–Crippen LogP) is 1.36. The molecule has 0 aromatic rings. The van der Waals surface area contributed by atoms with Crippen LogP contribution in [0.1, 0.15) is 33.1 Å². The fraction of sp³-hybridized carbons (Fsp3) is 1.00. The zero-order valence-electron chi connectivity index (χ0n) is 8.79. The molecule has 13 heavy (non-hydrogen) atoms. The second kappa shape index (κ2) is 3.58. The molecule has 1 aliphatic carbocycles. The summed E-state index contributed by atoms with van der Waals surface area (Å²) in [6.07, 6.45) is 4.11. The van der Waals surface area contributed by atoms with Gasteiger partial charge in [0.05, 0.1) is 0 Å². The van der Waals surface area contributed by atoms with Gasteiger partial charge in [0.1, 0.15) is 0 Å². The lowest BCUT2D eigenvalue weighted by atomic mass is 9.60. The van der Waals surface area contributed by atoms with Gasteiger partial charge in [-0.3, -0.25) is 0 Å². The first kappa shape index (κ1) is 9.47. The van der Waals surface area contributed by atoms with Crippen LogP contribution in [-0.4, -0.2) is 18.6 Å². The normalized spacial score (nSPS) is 50.5. The van der Waals surface area contributed by atoms with E-state index in [0.717, 1.165) is 24.3 Å². The van der Waals surface area contributed by atoms with Crippen LogP contribution in [0.2, 0.25) is 0 Å². The molecule has 0 radical (unpaired) electrons. The molecule has 2 bridgehead atoms.